The lowest BCUT2D eigenvalue weighted by atomic mass is 10.1. The lowest BCUT2D eigenvalue weighted by Gasteiger charge is -2.12. The van der Waals surface area contributed by atoms with Crippen LogP contribution in [0.1, 0.15) is 34.5 Å². The summed E-state index contributed by atoms with van der Waals surface area (Å²) in [6.07, 6.45) is 5.66. The molecule has 1 unspecified atom stereocenters. The van der Waals surface area contributed by atoms with Crippen LogP contribution in [-0.4, -0.2) is 20.7 Å². The molecule has 0 saturated carbocycles. The van der Waals surface area contributed by atoms with Crippen LogP contribution < -0.4 is 5.32 Å². The van der Waals surface area contributed by atoms with Gasteiger partial charge >= 0.3 is 0 Å². The fraction of sp³-hybridized carbons (Fsp3) is 0.143. The molecule has 1 atom stereocenters. The maximum Gasteiger partial charge on any atom is 0.251 e. The minimum Gasteiger partial charge on any atom is -0.361 e. The van der Waals surface area contributed by atoms with Crippen molar-refractivity contribution in [3.8, 4) is 0 Å². The van der Waals surface area contributed by atoms with Crippen LogP contribution in [0.15, 0.2) is 73.2 Å². The molecule has 2 aromatic carbocycles. The summed E-state index contributed by atoms with van der Waals surface area (Å²) >= 11 is 0. The summed E-state index contributed by atoms with van der Waals surface area (Å²) in [5, 5.41) is 8.54. The maximum absolute atomic E-state index is 12.5. The van der Waals surface area contributed by atoms with Crippen LogP contribution in [0.5, 0.6) is 0 Å². The molecule has 0 spiro atoms. The average Bonchev–Trinajstić information content (AvgIpc) is 3.31. The number of aromatic amines is 1. The SMILES string of the molecule is CC(NC(=O)c1ccc2cc[nH]c2c1)c1cnn(Cc2ccccc2)c1. The van der Waals surface area contributed by atoms with E-state index in [2.05, 4.69) is 27.5 Å². The molecular weight excluding hydrogens is 324 g/mol. The van der Waals surface area contributed by atoms with Gasteiger partial charge in [-0.2, -0.15) is 5.10 Å². The van der Waals surface area contributed by atoms with Gasteiger partial charge in [-0.15, -0.1) is 0 Å². The molecule has 26 heavy (non-hydrogen) atoms. The van der Waals surface area contributed by atoms with E-state index in [9.17, 15) is 4.79 Å². The molecule has 2 N–H and O–H groups in total. The second kappa shape index (κ2) is 6.88. The van der Waals surface area contributed by atoms with Crippen molar-refractivity contribution in [2.75, 3.05) is 0 Å². The van der Waals surface area contributed by atoms with Crippen LogP contribution in [-0.2, 0) is 6.54 Å². The molecule has 0 aliphatic rings. The van der Waals surface area contributed by atoms with E-state index in [0.29, 0.717) is 12.1 Å². The number of benzene rings is 2. The lowest BCUT2D eigenvalue weighted by Crippen LogP contribution is -2.26. The average molecular weight is 344 g/mol. The van der Waals surface area contributed by atoms with Gasteiger partial charge in [0.25, 0.3) is 5.91 Å². The first kappa shape index (κ1) is 16.1. The third-order valence-electron chi connectivity index (χ3n) is 4.51. The fourth-order valence-electron chi connectivity index (χ4n) is 3.01. The van der Waals surface area contributed by atoms with Crippen molar-refractivity contribution in [3.63, 3.8) is 0 Å². The van der Waals surface area contributed by atoms with Crippen molar-refractivity contribution in [3.05, 3.63) is 89.9 Å². The van der Waals surface area contributed by atoms with Crippen LogP contribution in [0, 0.1) is 0 Å². The Morgan fingerprint density at radius 1 is 1.19 bits per heavy atom. The van der Waals surface area contributed by atoms with Crippen LogP contribution in [0.25, 0.3) is 10.9 Å². The number of hydrogen-bond donors (Lipinski definition) is 2. The van der Waals surface area contributed by atoms with Gasteiger partial charge in [-0.3, -0.25) is 9.48 Å². The molecule has 4 aromatic rings. The number of carbonyl (C=O) groups is 1. The molecule has 2 aromatic heterocycles. The number of H-pyrrole nitrogens is 1. The third kappa shape index (κ3) is 3.37. The topological polar surface area (TPSA) is 62.7 Å². The van der Waals surface area contributed by atoms with E-state index in [4.69, 9.17) is 0 Å². The first-order valence-electron chi connectivity index (χ1n) is 8.63. The Kier molecular flexibility index (Phi) is 4.27. The minimum atomic E-state index is -0.119. The van der Waals surface area contributed by atoms with E-state index in [1.165, 1.54) is 5.56 Å². The summed E-state index contributed by atoms with van der Waals surface area (Å²) in [5.41, 5.74) is 3.78. The Bertz CT molecular complexity index is 1030. The number of amides is 1. The van der Waals surface area contributed by atoms with Crippen molar-refractivity contribution in [2.45, 2.75) is 19.5 Å². The van der Waals surface area contributed by atoms with Crippen molar-refractivity contribution in [1.82, 2.24) is 20.1 Å². The van der Waals surface area contributed by atoms with E-state index in [1.54, 1.807) is 0 Å². The summed E-state index contributed by atoms with van der Waals surface area (Å²) in [4.78, 5) is 15.7. The zero-order chi connectivity index (χ0) is 17.9. The second-order valence-electron chi connectivity index (χ2n) is 6.43. The van der Waals surface area contributed by atoms with E-state index < -0.39 is 0 Å². The molecule has 0 bridgehead atoms. The summed E-state index contributed by atoms with van der Waals surface area (Å²) in [7, 11) is 0. The highest BCUT2D eigenvalue weighted by Crippen LogP contribution is 2.16. The molecule has 0 radical (unpaired) electrons. The van der Waals surface area contributed by atoms with E-state index >= 15 is 0 Å². The Morgan fingerprint density at radius 2 is 2.04 bits per heavy atom. The monoisotopic (exact) mass is 344 g/mol. The van der Waals surface area contributed by atoms with Crippen molar-refractivity contribution in [2.24, 2.45) is 0 Å². The molecule has 130 valence electrons. The number of nitrogens with zero attached hydrogens (tertiary/aromatic N) is 2. The van der Waals surface area contributed by atoms with Crippen LogP contribution >= 0.6 is 0 Å². The first-order valence-corrected chi connectivity index (χ1v) is 8.63. The fourth-order valence-corrected chi connectivity index (χ4v) is 3.01. The predicted octanol–water partition coefficient (Wildman–Crippen LogP) is 3.90. The molecular formula is C21H20N4O. The maximum atomic E-state index is 12.5. The van der Waals surface area contributed by atoms with Gasteiger partial charge in [-0.1, -0.05) is 36.4 Å². The van der Waals surface area contributed by atoms with E-state index in [1.807, 2.05) is 72.7 Å². The number of carbonyl (C=O) groups excluding carboxylic acids is 1. The first-order chi connectivity index (χ1) is 12.7. The predicted molar refractivity (Wildman–Crippen MR) is 102 cm³/mol. The van der Waals surface area contributed by atoms with Crippen LogP contribution in [0.4, 0.5) is 0 Å². The molecule has 0 aliphatic heterocycles. The minimum absolute atomic E-state index is 0.0928. The normalized spacial score (nSPS) is 12.2. The molecule has 2 heterocycles. The van der Waals surface area contributed by atoms with Gasteiger partial charge in [0.1, 0.15) is 0 Å². The molecule has 5 heteroatoms. The molecule has 0 aliphatic carbocycles. The summed E-state index contributed by atoms with van der Waals surface area (Å²) in [5.74, 6) is -0.0928. The summed E-state index contributed by atoms with van der Waals surface area (Å²) < 4.78 is 1.89. The van der Waals surface area contributed by atoms with Crippen LogP contribution in [0.2, 0.25) is 0 Å². The zero-order valence-electron chi connectivity index (χ0n) is 14.5. The van der Waals surface area contributed by atoms with Gasteiger partial charge in [0.15, 0.2) is 0 Å². The highest BCUT2D eigenvalue weighted by molar-refractivity contribution is 5.98. The summed E-state index contributed by atoms with van der Waals surface area (Å²) in [6.45, 7) is 2.68. The summed E-state index contributed by atoms with van der Waals surface area (Å²) in [6, 6.07) is 17.7. The second-order valence-corrected chi connectivity index (χ2v) is 6.43. The van der Waals surface area contributed by atoms with Gasteiger partial charge in [-0.25, -0.2) is 0 Å². The Labute approximate surface area is 151 Å². The quantitative estimate of drug-likeness (QED) is 0.577. The molecule has 5 nitrogen and oxygen atoms in total. The number of aromatic nitrogens is 3. The zero-order valence-corrected chi connectivity index (χ0v) is 14.5. The van der Waals surface area contributed by atoms with E-state index in [0.717, 1.165) is 16.5 Å². The highest BCUT2D eigenvalue weighted by Gasteiger charge is 2.14. The van der Waals surface area contributed by atoms with Gasteiger partial charge < -0.3 is 10.3 Å². The number of fused-ring (bicyclic) bond motifs is 1. The Morgan fingerprint density at radius 3 is 2.88 bits per heavy atom. The van der Waals surface area contributed by atoms with Gasteiger partial charge in [0, 0.05) is 29.0 Å². The molecule has 0 saturated heterocycles. The smallest absolute Gasteiger partial charge is 0.251 e. The number of hydrogen-bond acceptors (Lipinski definition) is 2. The Hall–Kier alpha value is -3.34. The van der Waals surface area contributed by atoms with Crippen molar-refractivity contribution in [1.29, 1.82) is 0 Å². The van der Waals surface area contributed by atoms with Gasteiger partial charge in [0.2, 0.25) is 0 Å². The van der Waals surface area contributed by atoms with Crippen LogP contribution in [0.3, 0.4) is 0 Å². The van der Waals surface area contributed by atoms with Gasteiger partial charge in [-0.05, 0) is 36.1 Å². The molecule has 1 amide bonds. The number of rotatable bonds is 5. The lowest BCUT2D eigenvalue weighted by molar-refractivity contribution is 0.0940. The number of nitrogens with one attached hydrogen (secondary N) is 2. The van der Waals surface area contributed by atoms with Gasteiger partial charge in [0.05, 0.1) is 18.8 Å². The molecule has 0 fully saturated rings. The third-order valence-corrected chi connectivity index (χ3v) is 4.51. The highest BCUT2D eigenvalue weighted by atomic mass is 16.1. The Balaban J connectivity index is 1.44. The standard InChI is InChI=1S/C21H20N4O/c1-15(19-12-23-25(14-19)13-16-5-3-2-4-6-16)24-21(26)18-8-7-17-9-10-22-20(17)11-18/h2-12,14-15,22H,13H2,1H3,(H,24,26). The largest absolute Gasteiger partial charge is 0.361 e. The van der Waals surface area contributed by atoms with E-state index in [-0.39, 0.29) is 11.9 Å². The molecule has 4 rings (SSSR count). The van der Waals surface area contributed by atoms with Crippen molar-refractivity contribution >= 4 is 16.8 Å². The van der Waals surface area contributed by atoms with Crippen molar-refractivity contribution < 1.29 is 4.79 Å².